The van der Waals surface area contributed by atoms with Gasteiger partial charge in [-0.3, -0.25) is 0 Å². The molecular formula is C20H28NO3+. The van der Waals surface area contributed by atoms with E-state index in [1.165, 1.54) is 5.56 Å². The van der Waals surface area contributed by atoms with Crippen molar-refractivity contribution in [2.24, 2.45) is 0 Å². The molecule has 2 rings (SSSR count). The Morgan fingerprint density at radius 2 is 1.42 bits per heavy atom. The second-order valence-corrected chi connectivity index (χ2v) is 5.55. The van der Waals surface area contributed by atoms with E-state index in [0.29, 0.717) is 13.2 Å². The standard InChI is InChI=1S/C20H27NO3/c1-2-13-23-19-8-10-20(11-9-19)24-16-15-22-14-12-21-17-18-6-4-3-5-7-18/h3-11,21H,2,12-17H2,1H3/p+1. The monoisotopic (exact) mass is 330 g/mol. The Morgan fingerprint density at radius 1 is 0.750 bits per heavy atom. The van der Waals surface area contributed by atoms with Gasteiger partial charge in [0.05, 0.1) is 26.4 Å². The third kappa shape index (κ3) is 7.49. The smallest absolute Gasteiger partial charge is 0.119 e. The van der Waals surface area contributed by atoms with E-state index >= 15 is 0 Å². The molecule has 4 nitrogen and oxygen atoms in total. The number of hydrogen-bond acceptors (Lipinski definition) is 3. The number of quaternary nitrogens is 1. The van der Waals surface area contributed by atoms with Crippen LogP contribution in [0.2, 0.25) is 0 Å². The second-order valence-electron chi connectivity index (χ2n) is 5.55. The van der Waals surface area contributed by atoms with E-state index < -0.39 is 0 Å². The van der Waals surface area contributed by atoms with Crippen LogP contribution in [0.4, 0.5) is 0 Å². The van der Waals surface area contributed by atoms with E-state index in [2.05, 4.69) is 36.5 Å². The highest BCUT2D eigenvalue weighted by atomic mass is 16.5. The van der Waals surface area contributed by atoms with Crippen molar-refractivity contribution in [2.75, 3.05) is 33.0 Å². The Hall–Kier alpha value is -2.04. The van der Waals surface area contributed by atoms with Crippen LogP contribution in [0.25, 0.3) is 0 Å². The number of ether oxygens (including phenoxy) is 3. The fourth-order valence-electron chi connectivity index (χ4n) is 2.22. The first-order chi connectivity index (χ1) is 11.9. The Balaban J connectivity index is 1.47. The van der Waals surface area contributed by atoms with Crippen LogP contribution in [-0.2, 0) is 11.3 Å². The van der Waals surface area contributed by atoms with Crippen LogP contribution >= 0.6 is 0 Å². The van der Waals surface area contributed by atoms with Gasteiger partial charge in [0.25, 0.3) is 0 Å². The first kappa shape index (κ1) is 18.3. The molecule has 130 valence electrons. The van der Waals surface area contributed by atoms with E-state index in [4.69, 9.17) is 14.2 Å². The highest BCUT2D eigenvalue weighted by Crippen LogP contribution is 2.17. The van der Waals surface area contributed by atoms with Crippen LogP contribution in [0.1, 0.15) is 18.9 Å². The molecule has 0 aromatic heterocycles. The fourth-order valence-corrected chi connectivity index (χ4v) is 2.22. The molecule has 0 fully saturated rings. The lowest BCUT2D eigenvalue weighted by atomic mass is 10.2. The van der Waals surface area contributed by atoms with Crippen LogP contribution in [0.15, 0.2) is 54.6 Å². The van der Waals surface area contributed by atoms with Gasteiger partial charge in [-0.2, -0.15) is 0 Å². The molecule has 0 bridgehead atoms. The van der Waals surface area contributed by atoms with Gasteiger partial charge in [0.1, 0.15) is 24.7 Å². The molecule has 24 heavy (non-hydrogen) atoms. The van der Waals surface area contributed by atoms with Crippen molar-refractivity contribution >= 4 is 0 Å². The lowest BCUT2D eigenvalue weighted by molar-refractivity contribution is -0.672. The van der Waals surface area contributed by atoms with Crippen LogP contribution in [-0.4, -0.2) is 33.0 Å². The van der Waals surface area contributed by atoms with Gasteiger partial charge in [0.15, 0.2) is 0 Å². The summed E-state index contributed by atoms with van der Waals surface area (Å²) in [6.45, 7) is 6.69. The predicted molar refractivity (Wildman–Crippen MR) is 95.5 cm³/mol. The van der Waals surface area contributed by atoms with Gasteiger partial charge >= 0.3 is 0 Å². The van der Waals surface area contributed by atoms with Crippen molar-refractivity contribution in [3.05, 3.63) is 60.2 Å². The first-order valence-electron chi connectivity index (χ1n) is 8.67. The number of hydrogen-bond donors (Lipinski definition) is 1. The lowest BCUT2D eigenvalue weighted by Gasteiger charge is -2.08. The molecule has 0 saturated heterocycles. The molecule has 0 atom stereocenters. The van der Waals surface area contributed by atoms with Crippen molar-refractivity contribution in [2.45, 2.75) is 19.9 Å². The molecule has 0 radical (unpaired) electrons. The predicted octanol–water partition coefficient (Wildman–Crippen LogP) is 2.63. The van der Waals surface area contributed by atoms with Crippen molar-refractivity contribution in [3.63, 3.8) is 0 Å². The lowest BCUT2D eigenvalue weighted by Crippen LogP contribution is -2.83. The summed E-state index contributed by atoms with van der Waals surface area (Å²) in [5.74, 6) is 1.73. The molecule has 0 aliphatic rings. The van der Waals surface area contributed by atoms with E-state index in [9.17, 15) is 0 Å². The zero-order valence-electron chi connectivity index (χ0n) is 14.4. The Labute approximate surface area is 144 Å². The van der Waals surface area contributed by atoms with Crippen LogP contribution in [0.3, 0.4) is 0 Å². The van der Waals surface area contributed by atoms with Crippen LogP contribution in [0.5, 0.6) is 11.5 Å². The normalized spacial score (nSPS) is 10.5. The van der Waals surface area contributed by atoms with Gasteiger partial charge in [-0.05, 0) is 30.7 Å². The molecule has 0 saturated carbocycles. The summed E-state index contributed by atoms with van der Waals surface area (Å²) in [4.78, 5) is 0. The largest absolute Gasteiger partial charge is 0.494 e. The summed E-state index contributed by atoms with van der Waals surface area (Å²) >= 11 is 0. The second kappa shape index (κ2) is 11.5. The molecule has 0 aliphatic carbocycles. The van der Waals surface area contributed by atoms with Gasteiger partial charge in [-0.15, -0.1) is 0 Å². The van der Waals surface area contributed by atoms with Crippen LogP contribution in [0, 0.1) is 0 Å². The highest BCUT2D eigenvalue weighted by molar-refractivity contribution is 5.31. The SMILES string of the molecule is CCCOc1ccc(OCCOCC[NH2+]Cc2ccccc2)cc1. The summed E-state index contributed by atoms with van der Waals surface area (Å²) in [6.07, 6.45) is 1.01. The maximum Gasteiger partial charge on any atom is 0.119 e. The van der Waals surface area contributed by atoms with Gasteiger partial charge < -0.3 is 19.5 Å². The Morgan fingerprint density at radius 3 is 2.08 bits per heavy atom. The molecule has 4 heteroatoms. The summed E-state index contributed by atoms with van der Waals surface area (Å²) in [7, 11) is 0. The van der Waals surface area contributed by atoms with E-state index in [-0.39, 0.29) is 0 Å². The number of rotatable bonds is 12. The molecule has 0 spiro atoms. The van der Waals surface area contributed by atoms with Crippen molar-refractivity contribution in [3.8, 4) is 11.5 Å². The Kier molecular flexibility index (Phi) is 8.76. The third-order valence-electron chi connectivity index (χ3n) is 3.48. The van der Waals surface area contributed by atoms with Gasteiger partial charge in [-0.1, -0.05) is 37.3 Å². The maximum absolute atomic E-state index is 5.65. The maximum atomic E-state index is 5.65. The molecule has 0 unspecified atom stereocenters. The minimum atomic E-state index is 0.563. The van der Waals surface area contributed by atoms with Gasteiger partial charge in [0.2, 0.25) is 0 Å². The van der Waals surface area contributed by atoms with E-state index in [1.54, 1.807) is 0 Å². The highest BCUT2D eigenvalue weighted by Gasteiger charge is 1.98. The first-order valence-corrected chi connectivity index (χ1v) is 8.67. The zero-order chi connectivity index (χ0) is 16.9. The Bertz CT molecular complexity index is 543. The average molecular weight is 330 g/mol. The minimum Gasteiger partial charge on any atom is -0.494 e. The minimum absolute atomic E-state index is 0.563. The van der Waals surface area contributed by atoms with Gasteiger partial charge in [0, 0.05) is 5.56 Å². The number of nitrogens with two attached hydrogens (primary N) is 1. The zero-order valence-corrected chi connectivity index (χ0v) is 14.4. The average Bonchev–Trinajstić information content (AvgIpc) is 2.64. The molecule has 0 aliphatic heterocycles. The third-order valence-corrected chi connectivity index (χ3v) is 3.48. The summed E-state index contributed by atoms with van der Waals surface area (Å²) in [6, 6.07) is 18.2. The molecular weight excluding hydrogens is 302 g/mol. The van der Waals surface area contributed by atoms with Crippen molar-refractivity contribution in [1.29, 1.82) is 0 Å². The fraction of sp³-hybridized carbons (Fsp3) is 0.400. The molecule has 2 aromatic rings. The summed E-state index contributed by atoms with van der Waals surface area (Å²) in [5.41, 5.74) is 1.34. The van der Waals surface area contributed by atoms with Crippen molar-refractivity contribution in [1.82, 2.24) is 0 Å². The van der Waals surface area contributed by atoms with Crippen molar-refractivity contribution < 1.29 is 19.5 Å². The molecule has 0 heterocycles. The van der Waals surface area contributed by atoms with E-state index in [1.807, 2.05) is 30.3 Å². The molecule has 2 N–H and O–H groups in total. The molecule has 0 amide bonds. The van der Waals surface area contributed by atoms with E-state index in [0.717, 1.165) is 44.2 Å². The summed E-state index contributed by atoms with van der Waals surface area (Å²) < 4.78 is 16.8. The quantitative estimate of drug-likeness (QED) is 0.609. The molecule has 2 aromatic carbocycles. The van der Waals surface area contributed by atoms with Gasteiger partial charge in [-0.25, -0.2) is 0 Å². The topological polar surface area (TPSA) is 44.3 Å². The van der Waals surface area contributed by atoms with Crippen LogP contribution < -0.4 is 14.8 Å². The summed E-state index contributed by atoms with van der Waals surface area (Å²) in [5, 5.41) is 2.26. The number of benzene rings is 2.